The van der Waals surface area contributed by atoms with Crippen LogP contribution in [0.5, 0.6) is 11.5 Å². The van der Waals surface area contributed by atoms with Crippen molar-refractivity contribution in [2.24, 2.45) is 5.92 Å². The molecule has 1 aromatic carbocycles. The highest BCUT2D eigenvalue weighted by Crippen LogP contribution is 2.36. The Balaban J connectivity index is 1.70. The van der Waals surface area contributed by atoms with Crippen molar-refractivity contribution in [2.75, 3.05) is 58.4 Å². The van der Waals surface area contributed by atoms with E-state index in [-0.39, 0.29) is 24.2 Å². The van der Waals surface area contributed by atoms with Gasteiger partial charge < -0.3 is 24.2 Å². The fraction of sp³-hybridized carbons (Fsp3) is 0.579. The lowest BCUT2D eigenvalue weighted by Crippen LogP contribution is -3.14. The number of anilines is 1. The molecule has 7 nitrogen and oxygen atoms in total. The summed E-state index contributed by atoms with van der Waals surface area (Å²) in [4.78, 5) is 30.5. The number of ether oxygens (including phenoxy) is 2. The van der Waals surface area contributed by atoms with Crippen molar-refractivity contribution in [3.63, 3.8) is 0 Å². The highest BCUT2D eigenvalue weighted by Gasteiger charge is 2.39. The Kier molecular flexibility index (Phi) is 5.66. The molecule has 0 aromatic heterocycles. The topological polar surface area (TPSA) is 63.5 Å². The summed E-state index contributed by atoms with van der Waals surface area (Å²) in [6, 6.07) is 5.36. The zero-order valence-electron chi connectivity index (χ0n) is 15.8. The van der Waals surface area contributed by atoms with Crippen LogP contribution in [0.2, 0.25) is 0 Å². The molecule has 2 saturated heterocycles. The molecule has 1 N–H and O–H groups in total. The number of carbonyl (C=O) groups is 2. The van der Waals surface area contributed by atoms with Gasteiger partial charge in [0.1, 0.15) is 11.5 Å². The van der Waals surface area contributed by atoms with Crippen molar-refractivity contribution in [1.82, 2.24) is 4.90 Å². The summed E-state index contributed by atoms with van der Waals surface area (Å²) in [5.74, 6) is 1.03. The van der Waals surface area contributed by atoms with Gasteiger partial charge in [-0.1, -0.05) is 0 Å². The van der Waals surface area contributed by atoms with Gasteiger partial charge in [-0.2, -0.15) is 0 Å². The molecule has 142 valence electrons. The molecule has 1 atom stereocenters. The lowest BCUT2D eigenvalue weighted by atomic mass is 10.1. The minimum atomic E-state index is -0.280. The highest BCUT2D eigenvalue weighted by atomic mass is 16.5. The first kappa shape index (κ1) is 18.5. The molecule has 1 aromatic rings. The number of carbonyl (C=O) groups excluding carboxylic acids is 2. The van der Waals surface area contributed by atoms with Gasteiger partial charge in [0, 0.05) is 19.0 Å². The molecule has 0 unspecified atom stereocenters. The van der Waals surface area contributed by atoms with Crippen LogP contribution in [0.15, 0.2) is 18.2 Å². The number of rotatable bonds is 5. The molecule has 2 heterocycles. The number of nitrogens with one attached hydrogen (secondary N) is 1. The van der Waals surface area contributed by atoms with E-state index in [1.54, 1.807) is 31.3 Å². The smallest absolute Gasteiger partial charge is 0.228 e. The van der Waals surface area contributed by atoms with Crippen LogP contribution in [-0.2, 0) is 9.59 Å². The first-order valence-corrected chi connectivity index (χ1v) is 9.22. The number of benzene rings is 1. The molecule has 2 aliphatic rings. The molecule has 0 radical (unpaired) electrons. The van der Waals surface area contributed by atoms with Crippen molar-refractivity contribution in [3.8, 4) is 11.5 Å². The number of hydrogen-bond donors (Lipinski definition) is 1. The fourth-order valence-corrected chi connectivity index (χ4v) is 3.77. The van der Waals surface area contributed by atoms with Crippen molar-refractivity contribution >= 4 is 17.5 Å². The molecular formula is C19H28N3O4+. The van der Waals surface area contributed by atoms with Crippen LogP contribution < -0.4 is 19.3 Å². The third-order valence-corrected chi connectivity index (χ3v) is 5.43. The molecule has 26 heavy (non-hydrogen) atoms. The summed E-state index contributed by atoms with van der Waals surface area (Å²) in [5.41, 5.74) is 0.689. The first-order valence-electron chi connectivity index (χ1n) is 9.22. The average Bonchev–Trinajstić information content (AvgIpc) is 3.08. The summed E-state index contributed by atoms with van der Waals surface area (Å²) in [6.45, 7) is 7.19. The van der Waals surface area contributed by atoms with E-state index >= 15 is 0 Å². The van der Waals surface area contributed by atoms with Crippen molar-refractivity contribution in [2.45, 2.75) is 13.3 Å². The van der Waals surface area contributed by atoms with E-state index in [0.29, 0.717) is 23.7 Å². The van der Waals surface area contributed by atoms with Gasteiger partial charge in [0.25, 0.3) is 0 Å². The molecule has 2 fully saturated rings. The first-order chi connectivity index (χ1) is 12.6. The molecule has 0 bridgehead atoms. The largest absolute Gasteiger partial charge is 0.497 e. The van der Waals surface area contributed by atoms with Crippen LogP contribution in [-0.4, -0.2) is 70.2 Å². The summed E-state index contributed by atoms with van der Waals surface area (Å²) < 4.78 is 10.6. The molecule has 3 rings (SSSR count). The zero-order chi connectivity index (χ0) is 18.7. The molecule has 2 amide bonds. The lowest BCUT2D eigenvalue weighted by molar-refractivity contribution is -0.902. The number of quaternary nitrogens is 1. The van der Waals surface area contributed by atoms with Gasteiger partial charge in [-0.15, -0.1) is 0 Å². The zero-order valence-corrected chi connectivity index (χ0v) is 15.8. The standard InChI is InChI=1S/C19H27N3O4/c1-4-20-7-9-21(10-8-20)19(24)14-11-18(23)22(13-14)16-6-5-15(25-2)12-17(16)26-3/h5-6,12,14H,4,7-11,13H2,1-3H3/p+1/t14-/m1/s1. The Labute approximate surface area is 154 Å². The van der Waals surface area contributed by atoms with Crippen LogP contribution in [0, 0.1) is 5.92 Å². The van der Waals surface area contributed by atoms with Crippen LogP contribution in [0.25, 0.3) is 0 Å². The average molecular weight is 362 g/mol. The van der Waals surface area contributed by atoms with E-state index < -0.39 is 0 Å². The van der Waals surface area contributed by atoms with Crippen LogP contribution >= 0.6 is 0 Å². The highest BCUT2D eigenvalue weighted by molar-refractivity contribution is 6.01. The van der Waals surface area contributed by atoms with Gasteiger partial charge >= 0.3 is 0 Å². The molecule has 2 aliphatic heterocycles. The van der Waals surface area contributed by atoms with Gasteiger partial charge in [-0.05, 0) is 19.1 Å². The lowest BCUT2D eigenvalue weighted by Gasteiger charge is -2.33. The molecular weight excluding hydrogens is 334 g/mol. The second kappa shape index (κ2) is 7.95. The molecule has 0 spiro atoms. The normalized spacial score (nSPS) is 21.2. The number of piperazine rings is 1. The third kappa shape index (κ3) is 3.62. The monoisotopic (exact) mass is 362 g/mol. The predicted octanol–water partition coefficient (Wildman–Crippen LogP) is -0.196. The Morgan fingerprint density at radius 3 is 2.58 bits per heavy atom. The van der Waals surface area contributed by atoms with Crippen LogP contribution in [0.4, 0.5) is 5.69 Å². The summed E-state index contributed by atoms with van der Waals surface area (Å²) >= 11 is 0. The molecule has 7 heteroatoms. The number of nitrogens with zero attached hydrogens (tertiary/aromatic N) is 2. The van der Waals surface area contributed by atoms with Crippen molar-refractivity contribution < 1.29 is 24.0 Å². The summed E-state index contributed by atoms with van der Waals surface area (Å²) in [6.07, 6.45) is 0.259. The minimum absolute atomic E-state index is 0.0374. The maximum absolute atomic E-state index is 12.9. The van der Waals surface area contributed by atoms with Gasteiger partial charge in [-0.3, -0.25) is 9.59 Å². The van der Waals surface area contributed by atoms with E-state index in [2.05, 4.69) is 6.92 Å². The Morgan fingerprint density at radius 1 is 1.23 bits per heavy atom. The Morgan fingerprint density at radius 2 is 1.96 bits per heavy atom. The fourth-order valence-electron chi connectivity index (χ4n) is 3.77. The number of methoxy groups -OCH3 is 2. The Bertz CT molecular complexity index is 671. The number of hydrogen-bond acceptors (Lipinski definition) is 4. The van der Waals surface area contributed by atoms with Crippen molar-refractivity contribution in [3.05, 3.63) is 18.2 Å². The van der Waals surface area contributed by atoms with E-state index in [0.717, 1.165) is 32.7 Å². The van der Waals surface area contributed by atoms with Crippen LogP contribution in [0.1, 0.15) is 13.3 Å². The van der Waals surface area contributed by atoms with E-state index in [4.69, 9.17) is 9.47 Å². The van der Waals surface area contributed by atoms with Gasteiger partial charge in [0.2, 0.25) is 11.8 Å². The van der Waals surface area contributed by atoms with Crippen LogP contribution in [0.3, 0.4) is 0 Å². The third-order valence-electron chi connectivity index (χ3n) is 5.43. The SMILES string of the molecule is CC[NH+]1CCN(C(=O)[C@@H]2CC(=O)N(c3ccc(OC)cc3OC)C2)CC1. The van der Waals surface area contributed by atoms with Crippen molar-refractivity contribution in [1.29, 1.82) is 0 Å². The van der Waals surface area contributed by atoms with E-state index in [1.807, 2.05) is 11.0 Å². The Hall–Kier alpha value is -2.28. The molecule has 0 saturated carbocycles. The van der Waals surface area contributed by atoms with Gasteiger partial charge in [-0.25, -0.2) is 0 Å². The second-order valence-electron chi connectivity index (χ2n) is 6.87. The summed E-state index contributed by atoms with van der Waals surface area (Å²) in [5, 5.41) is 0. The maximum atomic E-state index is 12.9. The quantitative estimate of drug-likeness (QED) is 0.788. The number of likely N-dealkylation sites (N-methyl/N-ethyl adjacent to an activating group) is 1. The second-order valence-corrected chi connectivity index (χ2v) is 6.87. The predicted molar refractivity (Wildman–Crippen MR) is 97.8 cm³/mol. The molecule has 0 aliphatic carbocycles. The number of amides is 2. The van der Waals surface area contributed by atoms with E-state index in [9.17, 15) is 9.59 Å². The minimum Gasteiger partial charge on any atom is -0.497 e. The van der Waals surface area contributed by atoms with E-state index in [1.165, 1.54) is 4.90 Å². The van der Waals surface area contributed by atoms with Gasteiger partial charge in [0.05, 0.1) is 58.5 Å². The summed E-state index contributed by atoms with van der Waals surface area (Å²) in [7, 11) is 3.15. The maximum Gasteiger partial charge on any atom is 0.228 e. The van der Waals surface area contributed by atoms with Gasteiger partial charge in [0.15, 0.2) is 0 Å².